The fraction of sp³-hybridized carbons (Fsp3) is 0.467. The van der Waals surface area contributed by atoms with Crippen molar-refractivity contribution >= 4 is 11.4 Å². The molecule has 6 nitrogen and oxygen atoms in total. The van der Waals surface area contributed by atoms with Crippen molar-refractivity contribution in [2.45, 2.75) is 32.8 Å². The molecule has 0 aliphatic heterocycles. The molecule has 1 aromatic rings. The van der Waals surface area contributed by atoms with Crippen molar-refractivity contribution < 1.29 is 19.9 Å². The van der Waals surface area contributed by atoms with Crippen molar-refractivity contribution in [2.75, 3.05) is 13.7 Å². The zero-order valence-electron chi connectivity index (χ0n) is 12.5. The van der Waals surface area contributed by atoms with E-state index in [1.807, 2.05) is 31.2 Å². The molecule has 0 aliphatic carbocycles. The minimum atomic E-state index is 0.396. The molecule has 0 aromatic heterocycles. The maximum atomic E-state index is 8.89. The van der Waals surface area contributed by atoms with Crippen molar-refractivity contribution in [2.24, 2.45) is 10.3 Å². The van der Waals surface area contributed by atoms with Crippen molar-refractivity contribution in [3.63, 3.8) is 0 Å². The molecular formula is C15H22N2O4. The number of rotatable bonds is 9. The maximum Gasteiger partial charge on any atom is 0.118 e. The molecule has 0 radical (unpaired) electrons. The summed E-state index contributed by atoms with van der Waals surface area (Å²) in [4.78, 5) is 0. The van der Waals surface area contributed by atoms with Crippen LogP contribution in [0, 0.1) is 0 Å². The zero-order valence-corrected chi connectivity index (χ0v) is 12.5. The Balaban J connectivity index is 2.27. The Labute approximate surface area is 124 Å². The van der Waals surface area contributed by atoms with Crippen molar-refractivity contribution in [3.05, 3.63) is 29.8 Å². The third-order valence-corrected chi connectivity index (χ3v) is 3.04. The van der Waals surface area contributed by atoms with Gasteiger partial charge in [-0.3, -0.25) is 0 Å². The summed E-state index contributed by atoms with van der Waals surface area (Å²) in [5.41, 5.74) is 1.86. The first kappa shape index (κ1) is 17.0. The van der Waals surface area contributed by atoms with Crippen LogP contribution in [0.1, 0.15) is 31.7 Å². The Morgan fingerprint density at radius 2 is 1.76 bits per heavy atom. The summed E-state index contributed by atoms with van der Waals surface area (Å²) >= 11 is 0. The second kappa shape index (κ2) is 9.77. The van der Waals surface area contributed by atoms with E-state index in [9.17, 15) is 0 Å². The van der Waals surface area contributed by atoms with E-state index in [0.29, 0.717) is 43.9 Å². The van der Waals surface area contributed by atoms with Crippen LogP contribution in [0.25, 0.3) is 0 Å². The lowest BCUT2D eigenvalue weighted by Gasteiger charge is -2.07. The molecule has 0 unspecified atom stereocenters. The molecule has 0 amide bonds. The van der Waals surface area contributed by atoms with Gasteiger partial charge in [0.2, 0.25) is 0 Å². The molecule has 1 aromatic carbocycles. The lowest BCUT2D eigenvalue weighted by Crippen LogP contribution is -2.14. The minimum absolute atomic E-state index is 0.396. The van der Waals surface area contributed by atoms with E-state index < -0.39 is 0 Å². The van der Waals surface area contributed by atoms with Gasteiger partial charge in [0.15, 0.2) is 0 Å². The van der Waals surface area contributed by atoms with Crippen LogP contribution in [0.3, 0.4) is 0 Å². The van der Waals surface area contributed by atoms with Crippen molar-refractivity contribution in [1.29, 1.82) is 0 Å². The van der Waals surface area contributed by atoms with Crippen LogP contribution < -0.4 is 4.74 Å². The van der Waals surface area contributed by atoms with Gasteiger partial charge < -0.3 is 19.9 Å². The van der Waals surface area contributed by atoms with Crippen LogP contribution in [0.5, 0.6) is 5.75 Å². The van der Waals surface area contributed by atoms with Gasteiger partial charge in [-0.05, 0) is 37.0 Å². The Bertz CT molecular complexity index is 469. The van der Waals surface area contributed by atoms with Gasteiger partial charge in [0.05, 0.1) is 13.7 Å². The van der Waals surface area contributed by atoms with E-state index in [1.54, 1.807) is 7.11 Å². The molecule has 0 saturated carbocycles. The summed E-state index contributed by atoms with van der Waals surface area (Å²) in [6.45, 7) is 2.89. The number of nitrogens with zero attached hydrogens (tertiary/aromatic N) is 2. The predicted octanol–water partition coefficient (Wildman–Crippen LogP) is 3.06. The fourth-order valence-electron chi connectivity index (χ4n) is 1.84. The Kier molecular flexibility index (Phi) is 7.89. The zero-order chi connectivity index (χ0) is 15.5. The normalized spacial score (nSPS) is 12.5. The smallest absolute Gasteiger partial charge is 0.118 e. The van der Waals surface area contributed by atoms with E-state index in [4.69, 9.17) is 19.9 Å². The van der Waals surface area contributed by atoms with Gasteiger partial charge in [-0.1, -0.05) is 29.4 Å². The summed E-state index contributed by atoms with van der Waals surface area (Å²) in [6, 6.07) is 7.68. The van der Waals surface area contributed by atoms with Gasteiger partial charge in [-0.2, -0.15) is 0 Å². The Morgan fingerprint density at radius 3 is 2.29 bits per heavy atom. The topological polar surface area (TPSA) is 83.6 Å². The molecule has 116 valence electrons. The van der Waals surface area contributed by atoms with E-state index in [0.717, 1.165) is 11.3 Å². The van der Waals surface area contributed by atoms with Gasteiger partial charge in [0.1, 0.15) is 17.2 Å². The fourth-order valence-corrected chi connectivity index (χ4v) is 1.84. The molecule has 2 N–H and O–H groups in total. The highest BCUT2D eigenvalue weighted by Gasteiger charge is 2.08. The highest BCUT2D eigenvalue weighted by atomic mass is 16.5. The summed E-state index contributed by atoms with van der Waals surface area (Å²) in [7, 11) is 1.63. The molecule has 21 heavy (non-hydrogen) atoms. The van der Waals surface area contributed by atoms with Gasteiger partial charge in [-0.25, -0.2) is 0 Å². The standard InChI is InChI=1S/C15H22N2O4/c1-3-14(16-18)15(17-19)5-4-10-21-11-12-6-8-13(20-2)9-7-12/h6-9,18-19H,3-5,10-11H2,1-2H3/b16-14-,17-15+. The Morgan fingerprint density at radius 1 is 1.10 bits per heavy atom. The minimum Gasteiger partial charge on any atom is -0.497 e. The summed E-state index contributed by atoms with van der Waals surface area (Å²) < 4.78 is 10.6. The third kappa shape index (κ3) is 5.83. The highest BCUT2D eigenvalue weighted by Crippen LogP contribution is 2.12. The highest BCUT2D eigenvalue weighted by molar-refractivity contribution is 6.41. The SMILES string of the molecule is CCC(=N/O)/C(CCCOCc1ccc(OC)cc1)=N/O. The quantitative estimate of drug-likeness (QED) is 0.317. The summed E-state index contributed by atoms with van der Waals surface area (Å²) in [5, 5.41) is 23.9. The van der Waals surface area contributed by atoms with E-state index in [-0.39, 0.29) is 0 Å². The van der Waals surface area contributed by atoms with Crippen LogP contribution in [-0.2, 0) is 11.3 Å². The van der Waals surface area contributed by atoms with E-state index in [1.165, 1.54) is 0 Å². The molecule has 1 rings (SSSR count). The van der Waals surface area contributed by atoms with Gasteiger partial charge in [-0.15, -0.1) is 0 Å². The molecule has 0 heterocycles. The molecule has 0 saturated heterocycles. The molecule has 0 fully saturated rings. The monoisotopic (exact) mass is 294 g/mol. The van der Waals surface area contributed by atoms with Crippen LogP contribution in [0.2, 0.25) is 0 Å². The van der Waals surface area contributed by atoms with Gasteiger partial charge in [0, 0.05) is 6.61 Å². The number of oxime groups is 2. The van der Waals surface area contributed by atoms with Gasteiger partial charge in [0.25, 0.3) is 0 Å². The molecular weight excluding hydrogens is 272 g/mol. The molecule has 0 atom stereocenters. The number of methoxy groups -OCH3 is 1. The lowest BCUT2D eigenvalue weighted by atomic mass is 10.1. The Hall–Kier alpha value is -2.08. The van der Waals surface area contributed by atoms with Crippen LogP contribution in [-0.4, -0.2) is 35.6 Å². The number of hydrogen-bond acceptors (Lipinski definition) is 6. The average molecular weight is 294 g/mol. The maximum absolute atomic E-state index is 8.89. The van der Waals surface area contributed by atoms with Crippen LogP contribution in [0.4, 0.5) is 0 Å². The second-order valence-corrected chi connectivity index (χ2v) is 4.45. The number of benzene rings is 1. The second-order valence-electron chi connectivity index (χ2n) is 4.45. The first-order chi connectivity index (χ1) is 10.2. The molecule has 0 spiro atoms. The molecule has 0 bridgehead atoms. The number of ether oxygens (including phenoxy) is 2. The lowest BCUT2D eigenvalue weighted by molar-refractivity contribution is 0.119. The largest absolute Gasteiger partial charge is 0.497 e. The van der Waals surface area contributed by atoms with Crippen molar-refractivity contribution in [1.82, 2.24) is 0 Å². The predicted molar refractivity (Wildman–Crippen MR) is 80.6 cm³/mol. The van der Waals surface area contributed by atoms with Gasteiger partial charge >= 0.3 is 0 Å². The van der Waals surface area contributed by atoms with E-state index >= 15 is 0 Å². The summed E-state index contributed by atoms with van der Waals surface area (Å²) in [6.07, 6.45) is 1.71. The average Bonchev–Trinajstić information content (AvgIpc) is 2.54. The first-order valence-electron chi connectivity index (χ1n) is 6.88. The number of hydrogen-bond donors (Lipinski definition) is 2. The van der Waals surface area contributed by atoms with Crippen molar-refractivity contribution in [3.8, 4) is 5.75 Å². The first-order valence-corrected chi connectivity index (χ1v) is 6.88. The third-order valence-electron chi connectivity index (χ3n) is 3.04. The summed E-state index contributed by atoms with van der Waals surface area (Å²) in [5.74, 6) is 0.818. The molecule has 0 aliphatic rings. The van der Waals surface area contributed by atoms with Crippen LogP contribution in [0.15, 0.2) is 34.6 Å². The van der Waals surface area contributed by atoms with E-state index in [2.05, 4.69) is 10.3 Å². The van der Waals surface area contributed by atoms with Crippen LogP contribution >= 0.6 is 0 Å². The molecule has 6 heteroatoms.